The van der Waals surface area contributed by atoms with Crippen LogP contribution in [0.4, 0.5) is 0 Å². The van der Waals surface area contributed by atoms with Gasteiger partial charge in [-0.25, -0.2) is 0 Å². The van der Waals surface area contributed by atoms with E-state index in [1.165, 1.54) is 0 Å². The molecule has 2 radical (unpaired) electrons. The van der Waals surface area contributed by atoms with Gasteiger partial charge in [0, 0.05) is 0 Å². The smallest absolute Gasteiger partial charge is 0.894 e. The summed E-state index contributed by atoms with van der Waals surface area (Å²) in [5.41, 5.74) is 0. The van der Waals surface area contributed by atoms with Crippen molar-refractivity contribution in [2.45, 2.75) is 0 Å². The summed E-state index contributed by atoms with van der Waals surface area (Å²) < 4.78 is 0. The van der Waals surface area contributed by atoms with E-state index in [1.807, 2.05) is 0 Å². The molecule has 4 nitrogen and oxygen atoms in total. The molecule has 0 aromatic rings. The van der Waals surface area contributed by atoms with Gasteiger partial charge in [-0.2, -0.15) is 0 Å². The van der Waals surface area contributed by atoms with E-state index in [-0.39, 0.29) is 72.8 Å². The molecule has 0 saturated heterocycles. The minimum absolute atomic E-state index is 0. The Kier molecular flexibility index (Phi) is 15.2. The molecule has 0 aromatic carbocycles. The van der Waals surface area contributed by atoms with Gasteiger partial charge in [-0.3, -0.25) is 0 Å². The number of rotatable bonds is 0. The molecule has 0 heterocycles. The van der Waals surface area contributed by atoms with Gasteiger partial charge in [-0.15, -0.1) is 0 Å². The molecule has 0 atom stereocenters. The topological polar surface area (TPSA) is 92.2 Å². The standard InChI is InChI=1S/O4Si.Pb.Sr/c1-5(2,3)4;;/q-4;2*+2. The molecule has 0 N–H and O–H groups in total. The van der Waals surface area contributed by atoms with Crippen molar-refractivity contribution in [2.75, 3.05) is 0 Å². The summed E-state index contributed by atoms with van der Waals surface area (Å²) >= 11 is 0. The van der Waals surface area contributed by atoms with Crippen LogP contribution in [0.3, 0.4) is 0 Å². The molecule has 0 spiro atoms. The molecule has 0 fully saturated rings. The molecular weight excluding hydrogens is 387 g/mol. The Bertz CT molecular complexity index is 27.2. The van der Waals surface area contributed by atoms with Crippen LogP contribution in [0.15, 0.2) is 0 Å². The third-order valence-corrected chi connectivity index (χ3v) is 0. The Morgan fingerprint density at radius 1 is 0.857 bits per heavy atom. The maximum atomic E-state index is 8.58. The van der Waals surface area contributed by atoms with Crippen molar-refractivity contribution in [1.82, 2.24) is 0 Å². The maximum Gasteiger partial charge on any atom is 2.00 e. The van der Waals surface area contributed by atoms with Crippen molar-refractivity contribution in [3.63, 3.8) is 0 Å². The first-order valence-electron chi connectivity index (χ1n) is 0.816. The summed E-state index contributed by atoms with van der Waals surface area (Å²) in [7, 11) is -5.61. The predicted molar refractivity (Wildman–Crippen MR) is 17.3 cm³/mol. The normalized spacial score (nSPS) is 8.57. The molecule has 0 bridgehead atoms. The van der Waals surface area contributed by atoms with Crippen molar-refractivity contribution in [3.05, 3.63) is 0 Å². The third kappa shape index (κ3) is 58.4. The summed E-state index contributed by atoms with van der Waals surface area (Å²) in [6.07, 6.45) is 0. The van der Waals surface area contributed by atoms with Crippen LogP contribution in [-0.4, -0.2) is 81.8 Å². The van der Waals surface area contributed by atoms with E-state index < -0.39 is 9.05 Å². The van der Waals surface area contributed by atoms with Gasteiger partial charge in [-0.1, -0.05) is 0 Å². The molecule has 7 heavy (non-hydrogen) atoms. The van der Waals surface area contributed by atoms with Crippen LogP contribution in [0.1, 0.15) is 0 Å². The number of hydrogen-bond acceptors (Lipinski definition) is 4. The largest absolute Gasteiger partial charge is 2.00 e. The zero-order valence-electron chi connectivity index (χ0n) is 3.34. The summed E-state index contributed by atoms with van der Waals surface area (Å²) in [6, 6.07) is 0. The fraction of sp³-hybridized carbons (Fsp3) is 0. The van der Waals surface area contributed by atoms with Gasteiger partial charge in [0.2, 0.25) is 0 Å². The molecular formula is O4PbSiSr. The molecule has 7 heteroatoms. The SMILES string of the molecule is [O-][Si]([O-])([O-])[O-].[Pb+2].[Sr+2]. The van der Waals surface area contributed by atoms with Gasteiger partial charge in [0.25, 0.3) is 0 Å². The van der Waals surface area contributed by atoms with Crippen LogP contribution in [0.25, 0.3) is 0 Å². The first-order chi connectivity index (χ1) is 2.00. The van der Waals surface area contributed by atoms with E-state index >= 15 is 0 Å². The second-order valence-electron chi connectivity index (χ2n) is 0.500. The van der Waals surface area contributed by atoms with Gasteiger partial charge >= 0.3 is 72.8 Å². The molecule has 0 aliphatic heterocycles. The van der Waals surface area contributed by atoms with Crippen molar-refractivity contribution in [1.29, 1.82) is 0 Å². The summed E-state index contributed by atoms with van der Waals surface area (Å²) in [4.78, 5) is 34.3. The first kappa shape index (κ1) is 16.2. The van der Waals surface area contributed by atoms with Crippen molar-refractivity contribution >= 4 is 81.8 Å². The Hall–Kier alpha value is 2.46. The third-order valence-electron chi connectivity index (χ3n) is 0. The van der Waals surface area contributed by atoms with Crippen LogP contribution >= 0.6 is 0 Å². The molecule has 0 aromatic heterocycles. The first-order valence-corrected chi connectivity index (χ1v) is 2.45. The molecule has 0 amide bonds. The zero-order valence-corrected chi connectivity index (χ0v) is 11.7. The van der Waals surface area contributed by atoms with Gasteiger partial charge in [0.15, 0.2) is 0 Å². The van der Waals surface area contributed by atoms with Crippen LogP contribution < -0.4 is 19.2 Å². The van der Waals surface area contributed by atoms with Gasteiger partial charge in [0.05, 0.1) is 0 Å². The van der Waals surface area contributed by atoms with Gasteiger partial charge < -0.3 is 28.2 Å². The molecule has 0 saturated carbocycles. The van der Waals surface area contributed by atoms with Crippen molar-refractivity contribution in [2.24, 2.45) is 0 Å². The number of hydrogen-bond donors (Lipinski definition) is 0. The van der Waals surface area contributed by atoms with Crippen LogP contribution in [0, 0.1) is 0 Å². The second kappa shape index (κ2) is 6.58. The fourth-order valence-corrected chi connectivity index (χ4v) is 0. The van der Waals surface area contributed by atoms with E-state index in [1.54, 1.807) is 0 Å². The Morgan fingerprint density at radius 2 is 0.857 bits per heavy atom. The maximum absolute atomic E-state index is 8.58. The summed E-state index contributed by atoms with van der Waals surface area (Å²) in [5.74, 6) is 0. The van der Waals surface area contributed by atoms with E-state index in [0.717, 1.165) is 0 Å². The van der Waals surface area contributed by atoms with Crippen molar-refractivity contribution < 1.29 is 19.2 Å². The minimum atomic E-state index is -5.61. The Labute approximate surface area is 99.1 Å². The zero-order chi connectivity index (χ0) is 4.50. The van der Waals surface area contributed by atoms with E-state index in [4.69, 9.17) is 19.2 Å². The Balaban J connectivity index is -0.0000000800. The van der Waals surface area contributed by atoms with Crippen LogP contribution in [0.5, 0.6) is 0 Å². The van der Waals surface area contributed by atoms with E-state index in [0.29, 0.717) is 0 Å². The minimum Gasteiger partial charge on any atom is -0.894 e. The average molecular weight is 387 g/mol. The quantitative estimate of drug-likeness (QED) is 0.388. The monoisotopic (exact) mass is 388 g/mol. The predicted octanol–water partition coefficient (Wildman–Crippen LogP) is -5.90. The summed E-state index contributed by atoms with van der Waals surface area (Å²) in [6.45, 7) is 0. The average Bonchev–Trinajstić information content (AvgIpc) is 0.722. The fourth-order valence-electron chi connectivity index (χ4n) is 0. The van der Waals surface area contributed by atoms with E-state index in [9.17, 15) is 0 Å². The van der Waals surface area contributed by atoms with Gasteiger partial charge in [0.1, 0.15) is 0 Å². The molecule has 0 aliphatic rings. The van der Waals surface area contributed by atoms with Gasteiger partial charge in [-0.05, 0) is 0 Å². The molecule has 34 valence electrons. The Morgan fingerprint density at radius 3 is 0.857 bits per heavy atom. The molecule has 0 rings (SSSR count). The van der Waals surface area contributed by atoms with E-state index in [2.05, 4.69) is 0 Å². The van der Waals surface area contributed by atoms with Crippen LogP contribution in [-0.2, 0) is 0 Å². The van der Waals surface area contributed by atoms with Crippen LogP contribution in [0.2, 0.25) is 0 Å². The molecule has 0 aliphatic carbocycles. The summed E-state index contributed by atoms with van der Waals surface area (Å²) in [5, 5.41) is 0. The molecule has 0 unspecified atom stereocenters. The second-order valence-corrected chi connectivity index (χ2v) is 1.50. The van der Waals surface area contributed by atoms with Crippen molar-refractivity contribution in [3.8, 4) is 0 Å².